The normalized spacial score (nSPS) is 33.2. The van der Waals surface area contributed by atoms with Crippen LogP contribution < -0.4 is 0 Å². The molecule has 0 spiro atoms. The van der Waals surface area contributed by atoms with Gasteiger partial charge in [-0.15, -0.1) is 0 Å². The molecule has 0 unspecified atom stereocenters. The first-order chi connectivity index (χ1) is 10.7. The lowest BCUT2D eigenvalue weighted by Gasteiger charge is -2.39. The minimum Gasteiger partial charge on any atom is -0.364 e. The zero-order valence-corrected chi connectivity index (χ0v) is 13.2. The van der Waals surface area contributed by atoms with Crippen LogP contribution in [0.2, 0.25) is 0 Å². The van der Waals surface area contributed by atoms with E-state index in [0.29, 0.717) is 19.0 Å². The van der Waals surface area contributed by atoms with E-state index in [0.717, 1.165) is 19.4 Å². The first-order valence-electron chi connectivity index (χ1n) is 8.92. The number of fused-ring (bicyclic) bond motifs is 1. The molecule has 22 heavy (non-hydrogen) atoms. The summed E-state index contributed by atoms with van der Waals surface area (Å²) < 4.78 is 5.73. The molecule has 122 valence electrons. The van der Waals surface area contributed by atoms with E-state index in [1.165, 1.54) is 32.1 Å². The molecule has 2 atom stereocenters. The monoisotopic (exact) mass is 306 g/mol. The molecular weight excluding hydrogens is 280 g/mol. The molecule has 2 amide bonds. The molecule has 0 aromatic rings. The van der Waals surface area contributed by atoms with Gasteiger partial charge in [-0.2, -0.15) is 0 Å². The predicted molar refractivity (Wildman–Crippen MR) is 81.1 cm³/mol. The Kier molecular flexibility index (Phi) is 3.84. The second-order valence-electron chi connectivity index (χ2n) is 7.48. The van der Waals surface area contributed by atoms with Crippen molar-refractivity contribution >= 4 is 11.8 Å². The van der Waals surface area contributed by atoms with Gasteiger partial charge in [-0.05, 0) is 31.6 Å². The number of rotatable bonds is 3. The van der Waals surface area contributed by atoms with Gasteiger partial charge in [-0.1, -0.05) is 19.3 Å². The van der Waals surface area contributed by atoms with E-state index < -0.39 is 0 Å². The van der Waals surface area contributed by atoms with Crippen LogP contribution in [0.25, 0.3) is 0 Å². The van der Waals surface area contributed by atoms with Crippen molar-refractivity contribution in [1.29, 1.82) is 0 Å². The summed E-state index contributed by atoms with van der Waals surface area (Å²) in [6.45, 7) is 2.42. The third kappa shape index (κ3) is 2.75. The van der Waals surface area contributed by atoms with Crippen LogP contribution in [0.1, 0.15) is 44.9 Å². The van der Waals surface area contributed by atoms with Crippen molar-refractivity contribution in [2.24, 2.45) is 11.8 Å². The molecule has 2 saturated carbocycles. The molecule has 0 N–H and O–H groups in total. The summed E-state index contributed by atoms with van der Waals surface area (Å²) in [5.74, 6) is 1.29. The molecule has 0 radical (unpaired) electrons. The summed E-state index contributed by atoms with van der Waals surface area (Å²) in [5.41, 5.74) is 0. The van der Waals surface area contributed by atoms with Crippen LogP contribution in [0.5, 0.6) is 0 Å². The molecule has 4 fully saturated rings. The minimum absolute atomic E-state index is 0.0315. The van der Waals surface area contributed by atoms with Crippen LogP contribution in [0, 0.1) is 11.8 Å². The Bertz CT molecular complexity index is 457. The maximum Gasteiger partial charge on any atom is 0.248 e. The number of hydrogen-bond donors (Lipinski definition) is 0. The summed E-state index contributed by atoms with van der Waals surface area (Å²) in [5, 5.41) is 0. The van der Waals surface area contributed by atoms with Gasteiger partial charge in [0.2, 0.25) is 11.8 Å². The molecule has 2 aliphatic heterocycles. The average Bonchev–Trinajstić information content (AvgIpc) is 3.29. The highest BCUT2D eigenvalue weighted by Gasteiger charge is 2.47. The number of ether oxygens (including phenoxy) is 1. The molecule has 4 rings (SSSR count). The Morgan fingerprint density at radius 1 is 1.09 bits per heavy atom. The van der Waals surface area contributed by atoms with E-state index in [1.54, 1.807) is 0 Å². The number of hydrogen-bond acceptors (Lipinski definition) is 3. The highest BCUT2D eigenvalue weighted by atomic mass is 16.5. The molecule has 2 heterocycles. The van der Waals surface area contributed by atoms with E-state index in [1.807, 2.05) is 9.80 Å². The number of nitrogens with zero attached hydrogens (tertiary/aromatic N) is 2. The zero-order valence-electron chi connectivity index (χ0n) is 13.2. The Morgan fingerprint density at radius 3 is 2.59 bits per heavy atom. The molecule has 2 saturated heterocycles. The highest BCUT2D eigenvalue weighted by molar-refractivity contribution is 5.82. The Morgan fingerprint density at radius 2 is 1.86 bits per heavy atom. The first kappa shape index (κ1) is 14.5. The molecule has 0 aromatic heterocycles. The van der Waals surface area contributed by atoms with Crippen molar-refractivity contribution in [3.63, 3.8) is 0 Å². The number of carbonyl (C=O) groups excluding carboxylic acids is 2. The van der Waals surface area contributed by atoms with E-state index in [-0.39, 0.29) is 36.5 Å². The fraction of sp³-hybridized carbons (Fsp3) is 0.882. The first-order valence-corrected chi connectivity index (χ1v) is 8.92. The smallest absolute Gasteiger partial charge is 0.248 e. The highest BCUT2D eigenvalue weighted by Crippen LogP contribution is 2.34. The number of carbonyl (C=O) groups is 2. The van der Waals surface area contributed by atoms with E-state index in [2.05, 4.69) is 0 Å². The zero-order chi connectivity index (χ0) is 15.1. The summed E-state index contributed by atoms with van der Waals surface area (Å²) in [6.07, 6.45) is 8.52. The third-order valence-electron chi connectivity index (χ3n) is 5.80. The van der Waals surface area contributed by atoms with Gasteiger partial charge in [0.05, 0.1) is 12.1 Å². The SMILES string of the molecule is O=C(C1CC1)N1C[C@@H]2OCC(=O)N(CC3CCCCC3)[C@@H]2C1. The minimum atomic E-state index is 0.0315. The van der Waals surface area contributed by atoms with E-state index in [4.69, 9.17) is 4.74 Å². The van der Waals surface area contributed by atoms with Crippen LogP contribution in [-0.4, -0.2) is 60.0 Å². The molecule has 0 bridgehead atoms. The Balaban J connectivity index is 1.43. The van der Waals surface area contributed by atoms with Crippen LogP contribution in [-0.2, 0) is 14.3 Å². The maximum absolute atomic E-state index is 12.3. The van der Waals surface area contributed by atoms with Crippen LogP contribution in [0.4, 0.5) is 0 Å². The average molecular weight is 306 g/mol. The number of likely N-dealkylation sites (tertiary alicyclic amines) is 1. The standard InChI is InChI=1S/C17H26N2O3/c20-16-11-22-15-10-18(17(21)13-6-7-13)9-14(15)19(16)8-12-4-2-1-3-5-12/h12-15H,1-11H2/t14-,15+/m1/s1. The molecule has 2 aliphatic carbocycles. The van der Waals surface area contributed by atoms with Crippen molar-refractivity contribution in [1.82, 2.24) is 9.80 Å². The van der Waals surface area contributed by atoms with Gasteiger partial charge in [0.25, 0.3) is 0 Å². The van der Waals surface area contributed by atoms with Gasteiger partial charge < -0.3 is 14.5 Å². The van der Waals surface area contributed by atoms with Gasteiger partial charge >= 0.3 is 0 Å². The second-order valence-corrected chi connectivity index (χ2v) is 7.48. The fourth-order valence-corrected chi connectivity index (χ4v) is 4.32. The molecule has 5 heteroatoms. The fourth-order valence-electron chi connectivity index (χ4n) is 4.32. The summed E-state index contributed by atoms with van der Waals surface area (Å²) in [4.78, 5) is 28.6. The largest absolute Gasteiger partial charge is 0.364 e. The molecule has 5 nitrogen and oxygen atoms in total. The van der Waals surface area contributed by atoms with Gasteiger partial charge in [-0.3, -0.25) is 9.59 Å². The van der Waals surface area contributed by atoms with E-state index in [9.17, 15) is 9.59 Å². The summed E-state index contributed by atoms with van der Waals surface area (Å²) in [7, 11) is 0. The van der Waals surface area contributed by atoms with Crippen LogP contribution >= 0.6 is 0 Å². The van der Waals surface area contributed by atoms with E-state index >= 15 is 0 Å². The van der Waals surface area contributed by atoms with Crippen molar-refractivity contribution < 1.29 is 14.3 Å². The number of amides is 2. The Hall–Kier alpha value is -1.10. The lowest BCUT2D eigenvalue weighted by molar-refractivity contribution is -0.154. The van der Waals surface area contributed by atoms with Crippen LogP contribution in [0.15, 0.2) is 0 Å². The number of morpholine rings is 1. The molecular formula is C17H26N2O3. The summed E-state index contributed by atoms with van der Waals surface area (Å²) >= 11 is 0. The molecule has 0 aromatic carbocycles. The lowest BCUT2D eigenvalue weighted by Crippen LogP contribution is -2.55. The van der Waals surface area contributed by atoms with Gasteiger partial charge in [0, 0.05) is 25.6 Å². The maximum atomic E-state index is 12.3. The quantitative estimate of drug-likeness (QED) is 0.792. The van der Waals surface area contributed by atoms with Gasteiger partial charge in [0.15, 0.2) is 0 Å². The second kappa shape index (κ2) is 5.84. The molecule has 4 aliphatic rings. The summed E-state index contributed by atoms with van der Waals surface area (Å²) in [6, 6.07) is 0.0888. The van der Waals surface area contributed by atoms with Crippen molar-refractivity contribution in [2.75, 3.05) is 26.2 Å². The lowest BCUT2D eigenvalue weighted by atomic mass is 9.88. The Labute approximate surface area is 132 Å². The van der Waals surface area contributed by atoms with Gasteiger partial charge in [-0.25, -0.2) is 0 Å². The van der Waals surface area contributed by atoms with Crippen LogP contribution in [0.3, 0.4) is 0 Å². The third-order valence-corrected chi connectivity index (χ3v) is 5.80. The topological polar surface area (TPSA) is 49.9 Å². The predicted octanol–water partition coefficient (Wildman–Crippen LogP) is 1.41. The van der Waals surface area contributed by atoms with Crippen molar-refractivity contribution in [3.05, 3.63) is 0 Å². The van der Waals surface area contributed by atoms with Gasteiger partial charge in [0.1, 0.15) is 6.61 Å². The van der Waals surface area contributed by atoms with Crippen molar-refractivity contribution in [2.45, 2.75) is 57.1 Å². The van der Waals surface area contributed by atoms with Crippen molar-refractivity contribution in [3.8, 4) is 0 Å².